The van der Waals surface area contributed by atoms with Gasteiger partial charge in [0.15, 0.2) is 5.78 Å². The summed E-state index contributed by atoms with van der Waals surface area (Å²) in [5.74, 6) is 1.34. The molecule has 7 nitrogen and oxygen atoms in total. The zero-order valence-electron chi connectivity index (χ0n) is 16.6. The van der Waals surface area contributed by atoms with Crippen molar-refractivity contribution in [2.24, 2.45) is 0 Å². The van der Waals surface area contributed by atoms with E-state index in [0.717, 1.165) is 31.5 Å². The maximum absolute atomic E-state index is 12.5. The molecule has 0 spiro atoms. The largest absolute Gasteiger partial charge is 0.363 e. The molecular weight excluding hydrogens is 354 g/mol. The number of amides is 1. The highest BCUT2D eigenvalue weighted by Gasteiger charge is 2.23. The van der Waals surface area contributed by atoms with Crippen LogP contribution in [-0.4, -0.2) is 47.8 Å². The lowest BCUT2D eigenvalue weighted by atomic mass is 9.91. The number of nitrogens with zero attached hydrogens (tertiary/aromatic N) is 3. The van der Waals surface area contributed by atoms with Crippen molar-refractivity contribution < 1.29 is 9.59 Å². The molecule has 0 unspecified atom stereocenters. The third kappa shape index (κ3) is 5.06. The molecule has 3 rings (SSSR count). The van der Waals surface area contributed by atoms with Gasteiger partial charge in [0.1, 0.15) is 5.82 Å². The fourth-order valence-electron chi connectivity index (χ4n) is 3.38. The van der Waals surface area contributed by atoms with E-state index in [-0.39, 0.29) is 17.7 Å². The Kier molecular flexibility index (Phi) is 6.23. The zero-order valence-corrected chi connectivity index (χ0v) is 16.6. The Morgan fingerprint density at radius 3 is 2.39 bits per heavy atom. The Morgan fingerprint density at radius 2 is 1.71 bits per heavy atom. The van der Waals surface area contributed by atoms with Crippen molar-refractivity contribution in [3.8, 4) is 0 Å². The SMILES string of the molecule is CC(=O)c1cccc(C(=O)N[C@H]2CC[C@@H](Nc3nccc(N(C)C)n3)CC2)c1. The van der Waals surface area contributed by atoms with Crippen molar-refractivity contribution in [3.05, 3.63) is 47.7 Å². The Bertz CT molecular complexity index is 844. The molecule has 1 aromatic carbocycles. The predicted octanol–water partition coefficient (Wildman–Crippen LogP) is 2.90. The molecule has 28 heavy (non-hydrogen) atoms. The van der Waals surface area contributed by atoms with E-state index in [1.54, 1.807) is 30.5 Å². The van der Waals surface area contributed by atoms with Crippen molar-refractivity contribution in [2.75, 3.05) is 24.3 Å². The van der Waals surface area contributed by atoms with Gasteiger partial charge in [-0.3, -0.25) is 9.59 Å². The van der Waals surface area contributed by atoms with Crippen LogP contribution in [-0.2, 0) is 0 Å². The highest BCUT2D eigenvalue weighted by Crippen LogP contribution is 2.22. The topological polar surface area (TPSA) is 87.2 Å². The van der Waals surface area contributed by atoms with E-state index in [2.05, 4.69) is 20.6 Å². The summed E-state index contributed by atoms with van der Waals surface area (Å²) < 4.78 is 0. The van der Waals surface area contributed by atoms with Gasteiger partial charge in [0.25, 0.3) is 5.91 Å². The summed E-state index contributed by atoms with van der Waals surface area (Å²) in [6.07, 6.45) is 5.42. The van der Waals surface area contributed by atoms with E-state index in [0.29, 0.717) is 23.1 Å². The van der Waals surface area contributed by atoms with Gasteiger partial charge in [-0.25, -0.2) is 4.98 Å². The number of benzene rings is 1. The lowest BCUT2D eigenvalue weighted by molar-refractivity contribution is 0.0926. The van der Waals surface area contributed by atoms with Crippen LogP contribution < -0.4 is 15.5 Å². The first-order valence-corrected chi connectivity index (χ1v) is 9.61. The second kappa shape index (κ2) is 8.82. The average Bonchev–Trinajstić information content (AvgIpc) is 2.69. The number of hydrogen-bond acceptors (Lipinski definition) is 6. The highest BCUT2D eigenvalue weighted by atomic mass is 16.1. The minimum Gasteiger partial charge on any atom is -0.363 e. The fraction of sp³-hybridized carbons (Fsp3) is 0.429. The molecule has 0 atom stereocenters. The number of carbonyl (C=O) groups excluding carboxylic acids is 2. The predicted molar refractivity (Wildman–Crippen MR) is 110 cm³/mol. The van der Waals surface area contributed by atoms with Crippen molar-refractivity contribution in [3.63, 3.8) is 0 Å². The van der Waals surface area contributed by atoms with Crippen LogP contribution in [0.15, 0.2) is 36.5 Å². The molecule has 1 saturated carbocycles. The number of aromatic nitrogens is 2. The molecule has 148 valence electrons. The standard InChI is InChI=1S/C21H27N5O2/c1-14(27)15-5-4-6-16(13-15)20(28)23-17-7-9-18(10-8-17)24-21-22-12-11-19(25-21)26(2)3/h4-6,11-13,17-18H,7-10H2,1-3H3,(H,23,28)(H,22,24,25)/t17-,18+. The van der Waals surface area contributed by atoms with E-state index in [9.17, 15) is 9.59 Å². The Hall–Kier alpha value is -2.96. The van der Waals surface area contributed by atoms with Crippen molar-refractivity contribution >= 4 is 23.5 Å². The molecule has 0 radical (unpaired) electrons. The Balaban J connectivity index is 1.51. The van der Waals surface area contributed by atoms with E-state index < -0.39 is 0 Å². The molecule has 2 N–H and O–H groups in total. The van der Waals surface area contributed by atoms with Gasteiger partial charge in [0.05, 0.1) is 0 Å². The van der Waals surface area contributed by atoms with E-state index >= 15 is 0 Å². The second-order valence-electron chi connectivity index (χ2n) is 7.44. The monoisotopic (exact) mass is 381 g/mol. The first-order valence-electron chi connectivity index (χ1n) is 9.61. The van der Waals surface area contributed by atoms with Gasteiger partial charge in [-0.15, -0.1) is 0 Å². The molecule has 1 amide bonds. The molecule has 1 fully saturated rings. The van der Waals surface area contributed by atoms with Gasteiger partial charge in [-0.1, -0.05) is 12.1 Å². The van der Waals surface area contributed by atoms with Crippen LogP contribution in [0.2, 0.25) is 0 Å². The minimum absolute atomic E-state index is 0.0400. The number of hydrogen-bond donors (Lipinski definition) is 2. The molecule has 2 aromatic rings. The third-order valence-electron chi connectivity index (χ3n) is 5.03. The number of ketones is 1. The molecule has 7 heteroatoms. The van der Waals surface area contributed by atoms with Crippen LogP contribution in [0.1, 0.15) is 53.3 Å². The second-order valence-corrected chi connectivity index (χ2v) is 7.44. The number of Topliss-reactive ketones (excluding diaryl/α,β-unsaturated/α-hetero) is 1. The molecule has 1 aliphatic carbocycles. The Morgan fingerprint density at radius 1 is 1.04 bits per heavy atom. The van der Waals surface area contributed by atoms with E-state index in [1.807, 2.05) is 25.1 Å². The van der Waals surface area contributed by atoms with Crippen molar-refractivity contribution in [2.45, 2.75) is 44.7 Å². The number of carbonyl (C=O) groups is 2. The summed E-state index contributed by atoms with van der Waals surface area (Å²) in [6.45, 7) is 1.50. The molecule has 1 heterocycles. The van der Waals surface area contributed by atoms with Gasteiger partial charge in [0.2, 0.25) is 5.95 Å². The summed E-state index contributed by atoms with van der Waals surface area (Å²) in [4.78, 5) is 34.7. The first-order chi connectivity index (χ1) is 13.4. The van der Waals surface area contributed by atoms with E-state index in [1.165, 1.54) is 6.92 Å². The molecular formula is C21H27N5O2. The van der Waals surface area contributed by atoms with Gasteiger partial charge in [-0.05, 0) is 50.8 Å². The quantitative estimate of drug-likeness (QED) is 0.748. The third-order valence-corrected chi connectivity index (χ3v) is 5.03. The van der Waals surface area contributed by atoms with Crippen LogP contribution >= 0.6 is 0 Å². The van der Waals surface area contributed by atoms with Crippen LogP contribution in [0.25, 0.3) is 0 Å². The molecule has 1 aliphatic rings. The van der Waals surface area contributed by atoms with Crippen LogP contribution in [0, 0.1) is 0 Å². The average molecular weight is 381 g/mol. The van der Waals surface area contributed by atoms with E-state index in [4.69, 9.17) is 0 Å². The summed E-state index contributed by atoms with van der Waals surface area (Å²) in [6, 6.07) is 9.17. The lowest BCUT2D eigenvalue weighted by Crippen LogP contribution is -2.40. The summed E-state index contributed by atoms with van der Waals surface area (Å²) in [5.41, 5.74) is 1.09. The van der Waals surface area contributed by atoms with Crippen molar-refractivity contribution in [1.29, 1.82) is 0 Å². The molecule has 0 bridgehead atoms. The summed E-state index contributed by atoms with van der Waals surface area (Å²) in [5, 5.41) is 6.50. The van der Waals surface area contributed by atoms with Gasteiger partial charge in [-0.2, -0.15) is 4.98 Å². The number of rotatable bonds is 6. The van der Waals surface area contributed by atoms with Gasteiger partial charge in [0, 0.05) is 43.5 Å². The van der Waals surface area contributed by atoms with Crippen molar-refractivity contribution in [1.82, 2.24) is 15.3 Å². The normalized spacial score (nSPS) is 19.0. The zero-order chi connectivity index (χ0) is 20.1. The van der Waals surface area contributed by atoms with Gasteiger partial charge < -0.3 is 15.5 Å². The molecule has 1 aromatic heterocycles. The summed E-state index contributed by atoms with van der Waals surface area (Å²) >= 11 is 0. The first kappa shape index (κ1) is 19.8. The number of nitrogens with one attached hydrogen (secondary N) is 2. The lowest BCUT2D eigenvalue weighted by Gasteiger charge is -2.29. The van der Waals surface area contributed by atoms with Crippen LogP contribution in [0.4, 0.5) is 11.8 Å². The number of anilines is 2. The minimum atomic E-state index is -0.124. The maximum atomic E-state index is 12.5. The summed E-state index contributed by atoms with van der Waals surface area (Å²) in [7, 11) is 3.90. The van der Waals surface area contributed by atoms with Crippen LogP contribution in [0.5, 0.6) is 0 Å². The Labute approximate surface area is 165 Å². The maximum Gasteiger partial charge on any atom is 0.251 e. The van der Waals surface area contributed by atoms with Gasteiger partial charge >= 0.3 is 0 Å². The molecule has 0 saturated heterocycles. The fourth-order valence-corrected chi connectivity index (χ4v) is 3.38. The molecule has 0 aliphatic heterocycles. The smallest absolute Gasteiger partial charge is 0.251 e. The highest BCUT2D eigenvalue weighted by molar-refractivity contribution is 5.99. The van der Waals surface area contributed by atoms with Crippen LogP contribution in [0.3, 0.4) is 0 Å².